The van der Waals surface area contributed by atoms with Crippen molar-refractivity contribution < 1.29 is 14.3 Å². The van der Waals surface area contributed by atoms with Crippen LogP contribution in [0.4, 0.5) is 0 Å². The van der Waals surface area contributed by atoms with E-state index in [9.17, 15) is 4.79 Å². The lowest BCUT2D eigenvalue weighted by Gasteiger charge is -2.54. The van der Waals surface area contributed by atoms with Gasteiger partial charge in [-0.05, 0) is 37.0 Å². The van der Waals surface area contributed by atoms with Gasteiger partial charge in [0.15, 0.2) is 0 Å². The van der Waals surface area contributed by atoms with Gasteiger partial charge in [0.1, 0.15) is 12.6 Å². The van der Waals surface area contributed by atoms with Crippen molar-refractivity contribution in [3.63, 3.8) is 0 Å². The van der Waals surface area contributed by atoms with Gasteiger partial charge in [-0.25, -0.2) is 0 Å². The van der Waals surface area contributed by atoms with Crippen LogP contribution >= 0.6 is 0 Å². The normalized spacial score (nSPS) is 39.4. The number of methoxy groups -OCH3 is 1. The van der Waals surface area contributed by atoms with Crippen molar-refractivity contribution >= 4 is 5.78 Å². The van der Waals surface area contributed by atoms with Gasteiger partial charge in [-0.15, -0.1) is 0 Å². The smallest absolute Gasteiger partial charge is 0.146 e. The first kappa shape index (κ1) is 14.0. The van der Waals surface area contributed by atoms with Gasteiger partial charge in [-0.2, -0.15) is 0 Å². The highest BCUT2D eigenvalue weighted by Crippen LogP contribution is 2.56. The Morgan fingerprint density at radius 1 is 1.28 bits per heavy atom. The van der Waals surface area contributed by atoms with Crippen LogP contribution in [0.15, 0.2) is 0 Å². The molecule has 3 nitrogen and oxygen atoms in total. The van der Waals surface area contributed by atoms with Gasteiger partial charge in [0.25, 0.3) is 0 Å². The van der Waals surface area contributed by atoms with Crippen LogP contribution in [0.2, 0.25) is 0 Å². The van der Waals surface area contributed by atoms with Crippen molar-refractivity contribution in [2.75, 3.05) is 13.9 Å². The summed E-state index contributed by atoms with van der Waals surface area (Å²) in [7, 11) is 1.65. The molecule has 104 valence electrons. The number of ether oxygens (including phenoxy) is 2. The minimum absolute atomic E-state index is 0.192. The van der Waals surface area contributed by atoms with Gasteiger partial charge >= 0.3 is 0 Å². The number of rotatable bonds is 3. The first-order valence-electron chi connectivity index (χ1n) is 7.04. The topological polar surface area (TPSA) is 35.5 Å². The summed E-state index contributed by atoms with van der Waals surface area (Å²) in [6.07, 6.45) is 5.33. The number of fused-ring (bicyclic) bond motifs is 1. The minimum atomic E-state index is -0.192. The molecular formula is C15H26O3. The Labute approximate surface area is 110 Å². The molecule has 0 N–H and O–H groups in total. The van der Waals surface area contributed by atoms with Gasteiger partial charge in [-0.1, -0.05) is 20.8 Å². The fraction of sp³-hybridized carbons (Fsp3) is 0.933. The summed E-state index contributed by atoms with van der Waals surface area (Å²) in [6, 6.07) is 0. The second-order valence-electron chi connectivity index (χ2n) is 6.82. The Balaban J connectivity index is 2.12. The minimum Gasteiger partial charge on any atom is -0.359 e. The zero-order valence-corrected chi connectivity index (χ0v) is 12.1. The van der Waals surface area contributed by atoms with E-state index in [4.69, 9.17) is 9.47 Å². The molecule has 2 fully saturated rings. The maximum absolute atomic E-state index is 12.2. The molecule has 0 spiro atoms. The van der Waals surface area contributed by atoms with Crippen molar-refractivity contribution in [3.8, 4) is 0 Å². The Hall–Kier alpha value is -0.410. The Kier molecular flexibility index (Phi) is 3.84. The molecule has 0 aliphatic heterocycles. The number of hydrogen-bond acceptors (Lipinski definition) is 3. The van der Waals surface area contributed by atoms with Crippen molar-refractivity contribution in [2.45, 2.75) is 59.0 Å². The van der Waals surface area contributed by atoms with Crippen molar-refractivity contribution in [1.82, 2.24) is 0 Å². The summed E-state index contributed by atoms with van der Waals surface area (Å²) >= 11 is 0. The molecule has 0 saturated heterocycles. The lowest BCUT2D eigenvalue weighted by atomic mass is 9.51. The van der Waals surface area contributed by atoms with Crippen LogP contribution < -0.4 is 0 Å². The van der Waals surface area contributed by atoms with Gasteiger partial charge < -0.3 is 9.47 Å². The SMILES string of the molecule is COCO[C@@H]1CC[C@@]2(C)CCC(=O)C(C)(C)[C@@H]2C1. The van der Waals surface area contributed by atoms with Gasteiger partial charge in [0, 0.05) is 18.9 Å². The molecule has 0 amide bonds. The van der Waals surface area contributed by atoms with E-state index in [2.05, 4.69) is 20.8 Å². The second-order valence-corrected chi connectivity index (χ2v) is 6.82. The number of hydrogen-bond donors (Lipinski definition) is 0. The fourth-order valence-electron chi connectivity index (χ4n) is 4.03. The molecule has 0 aromatic carbocycles. The van der Waals surface area contributed by atoms with Crippen molar-refractivity contribution in [3.05, 3.63) is 0 Å². The predicted molar refractivity (Wildman–Crippen MR) is 70.2 cm³/mol. The lowest BCUT2D eigenvalue weighted by molar-refractivity contribution is -0.155. The van der Waals surface area contributed by atoms with E-state index >= 15 is 0 Å². The number of carbonyl (C=O) groups is 1. The highest BCUT2D eigenvalue weighted by molar-refractivity contribution is 5.85. The summed E-state index contributed by atoms with van der Waals surface area (Å²) in [5.41, 5.74) is 0.131. The largest absolute Gasteiger partial charge is 0.359 e. The lowest BCUT2D eigenvalue weighted by Crippen LogP contribution is -2.51. The number of ketones is 1. The highest BCUT2D eigenvalue weighted by atomic mass is 16.7. The molecule has 2 saturated carbocycles. The average molecular weight is 254 g/mol. The first-order valence-corrected chi connectivity index (χ1v) is 7.04. The maximum atomic E-state index is 12.2. The predicted octanol–water partition coefficient (Wildman–Crippen LogP) is 3.17. The number of carbonyl (C=O) groups excluding carboxylic acids is 1. The quantitative estimate of drug-likeness (QED) is 0.726. The maximum Gasteiger partial charge on any atom is 0.146 e. The van der Waals surface area contributed by atoms with Gasteiger partial charge in [0.05, 0.1) is 6.10 Å². The summed E-state index contributed by atoms with van der Waals surface area (Å²) < 4.78 is 10.7. The van der Waals surface area contributed by atoms with E-state index < -0.39 is 0 Å². The molecular weight excluding hydrogens is 228 g/mol. The zero-order chi connectivity index (χ0) is 13.4. The highest BCUT2D eigenvalue weighted by Gasteiger charge is 2.53. The molecule has 2 aliphatic carbocycles. The second kappa shape index (κ2) is 4.93. The molecule has 2 rings (SSSR count). The van der Waals surface area contributed by atoms with Crippen molar-refractivity contribution in [1.29, 1.82) is 0 Å². The molecule has 0 radical (unpaired) electrons. The van der Waals surface area contributed by atoms with Crippen LogP contribution in [-0.2, 0) is 14.3 Å². The van der Waals surface area contributed by atoms with E-state index in [-0.39, 0.29) is 11.5 Å². The monoisotopic (exact) mass is 254 g/mol. The van der Waals surface area contributed by atoms with E-state index in [0.717, 1.165) is 25.7 Å². The molecule has 3 heteroatoms. The molecule has 0 bridgehead atoms. The Morgan fingerprint density at radius 2 is 2.00 bits per heavy atom. The van der Waals surface area contributed by atoms with Crippen LogP contribution in [-0.4, -0.2) is 25.8 Å². The fourth-order valence-corrected chi connectivity index (χ4v) is 4.03. The molecule has 18 heavy (non-hydrogen) atoms. The Bertz CT molecular complexity index is 324. The summed E-state index contributed by atoms with van der Waals surface area (Å²) in [6.45, 7) is 6.97. The van der Waals surface area contributed by atoms with Gasteiger partial charge in [0.2, 0.25) is 0 Å². The molecule has 0 aromatic heterocycles. The zero-order valence-electron chi connectivity index (χ0n) is 12.1. The van der Waals surface area contributed by atoms with Crippen LogP contribution in [0.25, 0.3) is 0 Å². The molecule has 0 aromatic rings. The molecule has 0 heterocycles. The standard InChI is InChI=1S/C15H26O3/c1-14(2)12-9-11(18-10-17-4)5-7-15(12,3)8-6-13(14)16/h11-12H,5-10H2,1-4H3/t11-,12+,15+/m1/s1. The van der Waals surface area contributed by atoms with Crippen LogP contribution in [0.5, 0.6) is 0 Å². The summed E-state index contributed by atoms with van der Waals surface area (Å²) in [5.74, 6) is 0.874. The molecule has 3 atom stereocenters. The number of Topliss-reactive ketones (excluding diaryl/α,β-unsaturated/α-hetero) is 1. The van der Waals surface area contributed by atoms with E-state index in [0.29, 0.717) is 23.9 Å². The van der Waals surface area contributed by atoms with Crippen LogP contribution in [0, 0.1) is 16.7 Å². The summed E-state index contributed by atoms with van der Waals surface area (Å²) in [5, 5.41) is 0. The Morgan fingerprint density at radius 3 is 2.67 bits per heavy atom. The average Bonchev–Trinajstić information content (AvgIpc) is 2.33. The van der Waals surface area contributed by atoms with E-state index in [1.54, 1.807) is 7.11 Å². The third-order valence-corrected chi connectivity index (χ3v) is 5.31. The van der Waals surface area contributed by atoms with Crippen LogP contribution in [0.3, 0.4) is 0 Å². The first-order chi connectivity index (χ1) is 8.40. The van der Waals surface area contributed by atoms with Crippen molar-refractivity contribution in [2.24, 2.45) is 16.7 Å². The van der Waals surface area contributed by atoms with E-state index in [1.165, 1.54) is 6.42 Å². The van der Waals surface area contributed by atoms with Gasteiger partial charge in [-0.3, -0.25) is 4.79 Å². The molecule has 2 aliphatic rings. The molecule has 0 unspecified atom stereocenters. The third-order valence-electron chi connectivity index (χ3n) is 5.31. The third kappa shape index (κ3) is 2.35. The van der Waals surface area contributed by atoms with Crippen LogP contribution in [0.1, 0.15) is 52.9 Å². The summed E-state index contributed by atoms with van der Waals surface area (Å²) in [4.78, 5) is 12.2. The van der Waals surface area contributed by atoms with E-state index in [1.807, 2.05) is 0 Å².